The van der Waals surface area contributed by atoms with Crippen LogP contribution in [-0.2, 0) is 6.42 Å². The summed E-state index contributed by atoms with van der Waals surface area (Å²) < 4.78 is 1.87. The van der Waals surface area contributed by atoms with Crippen LogP contribution in [-0.4, -0.2) is 31.7 Å². The van der Waals surface area contributed by atoms with Crippen molar-refractivity contribution in [2.75, 3.05) is 0 Å². The highest BCUT2D eigenvalue weighted by Crippen LogP contribution is 2.13. The normalized spacial score (nSPS) is 12.0. The first kappa shape index (κ1) is 16.8. The zero-order chi connectivity index (χ0) is 17.8. The molecule has 0 saturated carbocycles. The van der Waals surface area contributed by atoms with E-state index in [0.717, 1.165) is 22.8 Å². The Labute approximate surface area is 146 Å². The van der Waals surface area contributed by atoms with Gasteiger partial charge in [-0.1, -0.05) is 0 Å². The molecular weight excluding hydrogens is 314 g/mol. The SMILES string of the molecule is Cc1cc(C)n(-c2ccc(C(=O)NC(C)Cc3cnccn3)cc2)n1. The minimum Gasteiger partial charge on any atom is -0.349 e. The van der Waals surface area contributed by atoms with Crippen molar-refractivity contribution in [3.8, 4) is 5.69 Å². The number of hydrogen-bond acceptors (Lipinski definition) is 4. The van der Waals surface area contributed by atoms with Gasteiger partial charge in [0.1, 0.15) is 0 Å². The zero-order valence-corrected chi connectivity index (χ0v) is 14.6. The van der Waals surface area contributed by atoms with Crippen molar-refractivity contribution in [3.05, 3.63) is 71.6 Å². The fourth-order valence-electron chi connectivity index (χ4n) is 2.75. The van der Waals surface area contributed by atoms with Gasteiger partial charge in [-0.25, -0.2) is 4.68 Å². The van der Waals surface area contributed by atoms with E-state index in [-0.39, 0.29) is 11.9 Å². The van der Waals surface area contributed by atoms with Gasteiger partial charge in [0.2, 0.25) is 0 Å². The third-order valence-electron chi connectivity index (χ3n) is 3.89. The molecule has 0 spiro atoms. The van der Waals surface area contributed by atoms with E-state index in [0.29, 0.717) is 12.0 Å². The van der Waals surface area contributed by atoms with Gasteiger partial charge >= 0.3 is 0 Å². The Morgan fingerprint density at radius 3 is 2.56 bits per heavy atom. The Bertz CT molecular complexity index is 855. The van der Waals surface area contributed by atoms with Crippen LogP contribution in [0.2, 0.25) is 0 Å². The van der Waals surface area contributed by atoms with E-state index in [4.69, 9.17) is 0 Å². The highest BCUT2D eigenvalue weighted by molar-refractivity contribution is 5.94. The van der Waals surface area contributed by atoms with Crippen molar-refractivity contribution in [2.45, 2.75) is 33.2 Å². The number of nitrogens with one attached hydrogen (secondary N) is 1. The Kier molecular flexibility index (Phi) is 4.88. The Balaban J connectivity index is 1.65. The summed E-state index contributed by atoms with van der Waals surface area (Å²) in [7, 11) is 0. The number of carbonyl (C=O) groups excluding carboxylic acids is 1. The van der Waals surface area contributed by atoms with Crippen LogP contribution in [0.1, 0.15) is 34.4 Å². The summed E-state index contributed by atoms with van der Waals surface area (Å²) in [5.41, 5.74) is 4.45. The van der Waals surface area contributed by atoms with E-state index in [1.165, 1.54) is 0 Å². The molecule has 6 heteroatoms. The molecule has 0 aliphatic carbocycles. The molecule has 6 nitrogen and oxygen atoms in total. The molecule has 1 aromatic carbocycles. The molecule has 1 amide bonds. The fraction of sp³-hybridized carbons (Fsp3) is 0.263. The lowest BCUT2D eigenvalue weighted by atomic mass is 10.1. The maximum absolute atomic E-state index is 12.4. The largest absolute Gasteiger partial charge is 0.349 e. The van der Waals surface area contributed by atoms with Crippen LogP contribution in [0.3, 0.4) is 0 Å². The van der Waals surface area contributed by atoms with E-state index >= 15 is 0 Å². The zero-order valence-electron chi connectivity index (χ0n) is 14.6. The van der Waals surface area contributed by atoms with Gasteiger partial charge in [-0.3, -0.25) is 14.8 Å². The number of aryl methyl sites for hydroxylation is 2. The molecule has 0 saturated heterocycles. The van der Waals surface area contributed by atoms with Gasteiger partial charge in [0.05, 0.1) is 17.1 Å². The van der Waals surface area contributed by atoms with Crippen molar-refractivity contribution in [1.29, 1.82) is 0 Å². The molecular formula is C19H21N5O. The van der Waals surface area contributed by atoms with Gasteiger partial charge < -0.3 is 5.32 Å². The van der Waals surface area contributed by atoms with Crippen LogP contribution < -0.4 is 5.32 Å². The lowest BCUT2D eigenvalue weighted by Crippen LogP contribution is -2.34. The van der Waals surface area contributed by atoms with E-state index < -0.39 is 0 Å². The van der Waals surface area contributed by atoms with Crippen LogP contribution >= 0.6 is 0 Å². The molecule has 25 heavy (non-hydrogen) atoms. The minimum absolute atomic E-state index is 0.0279. The summed E-state index contributed by atoms with van der Waals surface area (Å²) in [4.78, 5) is 20.7. The first-order valence-corrected chi connectivity index (χ1v) is 8.22. The van der Waals surface area contributed by atoms with Gasteiger partial charge in [0.25, 0.3) is 5.91 Å². The van der Waals surface area contributed by atoms with Crippen molar-refractivity contribution >= 4 is 5.91 Å². The molecule has 2 heterocycles. The number of benzene rings is 1. The van der Waals surface area contributed by atoms with Crippen LogP contribution in [0.25, 0.3) is 5.69 Å². The first-order chi connectivity index (χ1) is 12.0. The van der Waals surface area contributed by atoms with Gasteiger partial charge in [0.15, 0.2) is 0 Å². The molecule has 0 aliphatic heterocycles. The molecule has 2 aromatic heterocycles. The van der Waals surface area contributed by atoms with Gasteiger partial charge in [0, 0.05) is 42.3 Å². The van der Waals surface area contributed by atoms with Crippen molar-refractivity contribution < 1.29 is 4.79 Å². The second kappa shape index (κ2) is 7.25. The highest BCUT2D eigenvalue weighted by atomic mass is 16.1. The summed E-state index contributed by atoms with van der Waals surface area (Å²) in [5, 5.41) is 7.44. The summed E-state index contributed by atoms with van der Waals surface area (Å²) in [6, 6.07) is 9.43. The Hall–Kier alpha value is -3.02. The predicted octanol–water partition coefficient (Wildman–Crippen LogP) is 2.64. The highest BCUT2D eigenvalue weighted by Gasteiger charge is 2.12. The third kappa shape index (κ3) is 4.09. The van der Waals surface area contributed by atoms with Gasteiger partial charge in [-0.2, -0.15) is 5.10 Å². The van der Waals surface area contributed by atoms with E-state index in [1.54, 1.807) is 18.6 Å². The number of amides is 1. The molecule has 1 unspecified atom stereocenters. The van der Waals surface area contributed by atoms with E-state index in [2.05, 4.69) is 20.4 Å². The van der Waals surface area contributed by atoms with Gasteiger partial charge in [-0.05, 0) is 51.1 Å². The molecule has 0 radical (unpaired) electrons. The lowest BCUT2D eigenvalue weighted by Gasteiger charge is -2.13. The number of hydrogen-bond donors (Lipinski definition) is 1. The second-order valence-electron chi connectivity index (χ2n) is 6.16. The summed E-state index contributed by atoms with van der Waals surface area (Å²) in [6.07, 6.45) is 5.65. The lowest BCUT2D eigenvalue weighted by molar-refractivity contribution is 0.0940. The molecule has 1 atom stereocenters. The Morgan fingerprint density at radius 1 is 1.20 bits per heavy atom. The average molecular weight is 335 g/mol. The number of nitrogens with zero attached hydrogens (tertiary/aromatic N) is 4. The van der Waals surface area contributed by atoms with E-state index in [9.17, 15) is 4.79 Å². The van der Waals surface area contributed by atoms with Crippen molar-refractivity contribution in [2.24, 2.45) is 0 Å². The maximum Gasteiger partial charge on any atom is 0.251 e. The third-order valence-corrected chi connectivity index (χ3v) is 3.89. The standard InChI is InChI=1S/C19H21N5O/c1-13(11-17-12-20-8-9-21-17)22-19(25)16-4-6-18(7-5-16)24-15(3)10-14(2)23-24/h4-10,12-13H,11H2,1-3H3,(H,22,25). The van der Waals surface area contributed by atoms with Crippen LogP contribution in [0, 0.1) is 13.8 Å². The van der Waals surface area contributed by atoms with Crippen molar-refractivity contribution in [1.82, 2.24) is 25.1 Å². The molecule has 3 rings (SSSR count). The molecule has 128 valence electrons. The van der Waals surface area contributed by atoms with Crippen molar-refractivity contribution in [3.63, 3.8) is 0 Å². The molecule has 0 aliphatic rings. The number of aromatic nitrogens is 4. The summed E-state index contributed by atoms with van der Waals surface area (Å²) in [6.45, 7) is 5.93. The molecule has 0 fully saturated rings. The molecule has 0 bridgehead atoms. The minimum atomic E-state index is -0.101. The van der Waals surface area contributed by atoms with E-state index in [1.807, 2.05) is 55.8 Å². The number of carbonyl (C=O) groups is 1. The number of rotatable bonds is 5. The van der Waals surface area contributed by atoms with Crippen LogP contribution in [0.5, 0.6) is 0 Å². The van der Waals surface area contributed by atoms with Crippen LogP contribution in [0.4, 0.5) is 0 Å². The second-order valence-corrected chi connectivity index (χ2v) is 6.16. The maximum atomic E-state index is 12.4. The summed E-state index contributed by atoms with van der Waals surface area (Å²) in [5.74, 6) is -0.101. The topological polar surface area (TPSA) is 72.7 Å². The summed E-state index contributed by atoms with van der Waals surface area (Å²) >= 11 is 0. The van der Waals surface area contributed by atoms with Gasteiger partial charge in [-0.15, -0.1) is 0 Å². The fourth-order valence-corrected chi connectivity index (χ4v) is 2.75. The quantitative estimate of drug-likeness (QED) is 0.778. The smallest absolute Gasteiger partial charge is 0.251 e. The Morgan fingerprint density at radius 2 is 1.96 bits per heavy atom. The molecule has 3 aromatic rings. The average Bonchev–Trinajstić information content (AvgIpc) is 2.94. The van der Waals surface area contributed by atoms with Crippen LogP contribution in [0.15, 0.2) is 48.9 Å². The monoisotopic (exact) mass is 335 g/mol. The first-order valence-electron chi connectivity index (χ1n) is 8.22. The predicted molar refractivity (Wildman–Crippen MR) is 95.7 cm³/mol. The molecule has 1 N–H and O–H groups in total.